The third-order valence-electron chi connectivity index (χ3n) is 2.69. The molecule has 4 N–H and O–H groups in total. The molecule has 0 aliphatic carbocycles. The second kappa shape index (κ2) is 10.8. The Hall–Kier alpha value is -3.06. The van der Waals surface area contributed by atoms with Crippen molar-refractivity contribution < 1.29 is 24.0 Å². The predicted molar refractivity (Wildman–Crippen MR) is 106 cm³/mol. The van der Waals surface area contributed by atoms with Crippen molar-refractivity contribution in [1.29, 1.82) is 0 Å². The first kappa shape index (κ1) is 22.0. The van der Waals surface area contributed by atoms with Crippen molar-refractivity contribution >= 4 is 63.9 Å². The molecule has 11 nitrogen and oxygen atoms in total. The Morgan fingerprint density at radius 1 is 1.00 bits per heavy atom. The monoisotopic (exact) mass is 415 g/mol. The molecule has 0 aromatic heterocycles. The molecule has 0 saturated heterocycles. The number of rotatable bonds is 5. The second-order valence-electron chi connectivity index (χ2n) is 4.59. The maximum atomic E-state index is 11.4. The molecule has 1 rings (SSSR count). The topological polar surface area (TPSA) is 144 Å². The average Bonchev–Trinajstić information content (AvgIpc) is 2.56. The molecule has 0 aliphatic heterocycles. The Morgan fingerprint density at radius 2 is 1.48 bits per heavy atom. The van der Waals surface area contributed by atoms with Crippen molar-refractivity contribution in [2.24, 2.45) is 0 Å². The van der Waals surface area contributed by atoms with E-state index in [9.17, 15) is 19.7 Å². The molecule has 0 spiro atoms. The fourth-order valence-electron chi connectivity index (χ4n) is 1.69. The van der Waals surface area contributed by atoms with Gasteiger partial charge >= 0.3 is 12.2 Å². The number of amides is 2. The zero-order valence-electron chi connectivity index (χ0n) is 14.4. The minimum atomic E-state index is -0.783. The van der Waals surface area contributed by atoms with E-state index < -0.39 is 17.1 Å². The second-order valence-corrected chi connectivity index (χ2v) is 5.40. The normalized spacial score (nSPS) is 9.56. The number of nitro benzene ring substituents is 1. The average molecular weight is 415 g/mol. The molecule has 0 radical (unpaired) electrons. The molecule has 146 valence electrons. The standard InChI is InChI=1S/C14H17N5O6S2/c1-3-24-13(20)17-11(26)15-9-6-5-8(19(22)23)7-10(9)16-12(27)18-14(21)25-4-2/h5-7H,3-4H2,1-2H3,(H2,15,17,20,26)(H2,16,18,21,27). The lowest BCUT2D eigenvalue weighted by atomic mass is 10.2. The third-order valence-corrected chi connectivity index (χ3v) is 3.10. The Morgan fingerprint density at radius 3 is 1.93 bits per heavy atom. The molecule has 0 heterocycles. The van der Waals surface area contributed by atoms with Crippen LogP contribution in [-0.4, -0.2) is 40.5 Å². The van der Waals surface area contributed by atoms with Crippen LogP contribution >= 0.6 is 24.4 Å². The van der Waals surface area contributed by atoms with Crippen molar-refractivity contribution in [3.63, 3.8) is 0 Å². The van der Waals surface area contributed by atoms with Crippen molar-refractivity contribution in [3.8, 4) is 0 Å². The molecule has 27 heavy (non-hydrogen) atoms. The van der Waals surface area contributed by atoms with Gasteiger partial charge in [0, 0.05) is 12.1 Å². The van der Waals surface area contributed by atoms with Crippen LogP contribution in [0, 0.1) is 10.1 Å². The number of hydrogen-bond donors (Lipinski definition) is 4. The van der Waals surface area contributed by atoms with Gasteiger partial charge in [0.05, 0.1) is 29.5 Å². The lowest BCUT2D eigenvalue weighted by Crippen LogP contribution is -2.36. The van der Waals surface area contributed by atoms with Gasteiger partial charge in [0.15, 0.2) is 10.2 Å². The highest BCUT2D eigenvalue weighted by Gasteiger charge is 2.15. The van der Waals surface area contributed by atoms with Gasteiger partial charge in [-0.05, 0) is 44.3 Å². The minimum Gasteiger partial charge on any atom is -0.450 e. The van der Waals surface area contributed by atoms with Gasteiger partial charge in [-0.25, -0.2) is 9.59 Å². The summed E-state index contributed by atoms with van der Waals surface area (Å²) >= 11 is 9.95. The van der Waals surface area contributed by atoms with E-state index in [-0.39, 0.29) is 40.5 Å². The summed E-state index contributed by atoms with van der Waals surface area (Å²) in [6.45, 7) is 3.56. The highest BCUT2D eigenvalue weighted by molar-refractivity contribution is 7.80. The summed E-state index contributed by atoms with van der Waals surface area (Å²) in [5.74, 6) is 0. The maximum absolute atomic E-state index is 11.4. The highest BCUT2D eigenvalue weighted by Crippen LogP contribution is 2.27. The van der Waals surface area contributed by atoms with E-state index in [1.54, 1.807) is 13.8 Å². The molecule has 0 fully saturated rings. The maximum Gasteiger partial charge on any atom is 0.413 e. The summed E-state index contributed by atoms with van der Waals surface area (Å²) in [7, 11) is 0. The smallest absolute Gasteiger partial charge is 0.413 e. The summed E-state index contributed by atoms with van der Waals surface area (Å²) in [5, 5.41) is 20.6. The largest absolute Gasteiger partial charge is 0.450 e. The van der Waals surface area contributed by atoms with Crippen LogP contribution in [0.4, 0.5) is 26.7 Å². The van der Waals surface area contributed by atoms with Gasteiger partial charge < -0.3 is 20.1 Å². The van der Waals surface area contributed by atoms with Gasteiger partial charge in [-0.2, -0.15) is 0 Å². The SMILES string of the molecule is CCOC(=O)NC(=S)Nc1ccc([N+](=O)[O-])cc1NC(=S)NC(=O)OCC. The molecular weight excluding hydrogens is 398 g/mol. The highest BCUT2D eigenvalue weighted by atomic mass is 32.1. The first-order valence-electron chi connectivity index (χ1n) is 7.54. The number of nitrogens with one attached hydrogen (secondary N) is 4. The Bertz CT molecular complexity index is 758. The summed E-state index contributed by atoms with van der Waals surface area (Å²) in [5.41, 5.74) is 0.167. The van der Waals surface area contributed by atoms with E-state index in [2.05, 4.69) is 21.3 Å². The van der Waals surface area contributed by atoms with Gasteiger partial charge in [-0.15, -0.1) is 0 Å². The van der Waals surface area contributed by atoms with Gasteiger partial charge in [-0.3, -0.25) is 20.7 Å². The number of carbonyl (C=O) groups excluding carboxylic acids is 2. The Kier molecular flexibility index (Phi) is 8.81. The molecule has 0 bridgehead atoms. The quantitative estimate of drug-likeness (QED) is 0.321. The summed E-state index contributed by atoms with van der Waals surface area (Å²) in [6.07, 6.45) is -1.54. The van der Waals surface area contributed by atoms with Crippen LogP contribution in [0.2, 0.25) is 0 Å². The van der Waals surface area contributed by atoms with Crippen LogP contribution in [0.5, 0.6) is 0 Å². The Labute approximate surface area is 164 Å². The number of non-ortho nitro benzene ring substituents is 1. The zero-order chi connectivity index (χ0) is 20.4. The van der Waals surface area contributed by atoms with Crippen molar-refractivity contribution in [1.82, 2.24) is 10.6 Å². The zero-order valence-corrected chi connectivity index (χ0v) is 16.0. The number of thiocarbonyl (C=S) groups is 2. The van der Waals surface area contributed by atoms with E-state index >= 15 is 0 Å². The predicted octanol–water partition coefficient (Wildman–Crippen LogP) is 2.48. The number of hydrogen-bond acceptors (Lipinski definition) is 8. The fourth-order valence-corrected chi connectivity index (χ4v) is 2.07. The summed E-state index contributed by atoms with van der Waals surface area (Å²) in [6, 6.07) is 3.75. The number of benzene rings is 1. The number of anilines is 2. The number of ether oxygens (including phenoxy) is 2. The number of nitro groups is 1. The molecule has 2 amide bonds. The lowest BCUT2D eigenvalue weighted by Gasteiger charge is -2.15. The van der Waals surface area contributed by atoms with E-state index in [1.807, 2.05) is 0 Å². The van der Waals surface area contributed by atoms with Crippen molar-refractivity contribution in [3.05, 3.63) is 28.3 Å². The molecule has 0 saturated carbocycles. The van der Waals surface area contributed by atoms with Gasteiger partial charge in [0.2, 0.25) is 0 Å². The van der Waals surface area contributed by atoms with E-state index in [1.165, 1.54) is 18.2 Å². The molecule has 1 aromatic rings. The third kappa shape index (κ3) is 7.79. The molecular formula is C14H17N5O6S2. The molecule has 13 heteroatoms. The summed E-state index contributed by atoms with van der Waals surface area (Å²) < 4.78 is 9.39. The number of nitrogens with zero attached hydrogens (tertiary/aromatic N) is 1. The van der Waals surface area contributed by atoms with E-state index in [4.69, 9.17) is 33.9 Å². The number of carbonyl (C=O) groups is 2. The molecule has 0 atom stereocenters. The van der Waals surface area contributed by atoms with Gasteiger partial charge in [0.25, 0.3) is 5.69 Å². The van der Waals surface area contributed by atoms with Crippen LogP contribution < -0.4 is 21.3 Å². The fraction of sp³-hybridized carbons (Fsp3) is 0.286. The first-order chi connectivity index (χ1) is 12.8. The van der Waals surface area contributed by atoms with E-state index in [0.29, 0.717) is 0 Å². The van der Waals surface area contributed by atoms with Crippen molar-refractivity contribution in [2.75, 3.05) is 23.8 Å². The lowest BCUT2D eigenvalue weighted by molar-refractivity contribution is -0.384. The van der Waals surface area contributed by atoms with Crippen LogP contribution in [0.1, 0.15) is 13.8 Å². The molecule has 1 aromatic carbocycles. The van der Waals surface area contributed by atoms with E-state index in [0.717, 1.165) is 0 Å². The summed E-state index contributed by atoms with van der Waals surface area (Å²) in [4.78, 5) is 33.2. The molecule has 0 unspecified atom stereocenters. The minimum absolute atomic E-state index is 0.102. The van der Waals surface area contributed by atoms with Gasteiger partial charge in [-0.1, -0.05) is 0 Å². The Balaban J connectivity index is 2.95. The van der Waals surface area contributed by atoms with Gasteiger partial charge in [0.1, 0.15) is 0 Å². The van der Waals surface area contributed by atoms with Crippen LogP contribution in [0.3, 0.4) is 0 Å². The molecule has 0 aliphatic rings. The number of alkyl carbamates (subject to hydrolysis) is 2. The van der Waals surface area contributed by atoms with Crippen LogP contribution in [0.25, 0.3) is 0 Å². The van der Waals surface area contributed by atoms with Crippen molar-refractivity contribution in [2.45, 2.75) is 13.8 Å². The van der Waals surface area contributed by atoms with Crippen LogP contribution in [-0.2, 0) is 9.47 Å². The first-order valence-corrected chi connectivity index (χ1v) is 8.36. The van der Waals surface area contributed by atoms with Crippen LogP contribution in [0.15, 0.2) is 18.2 Å².